The van der Waals surface area contributed by atoms with Crippen LogP contribution < -0.4 is 30.2 Å². The molecule has 0 aliphatic carbocycles. The first kappa shape index (κ1) is 45.8. The van der Waals surface area contributed by atoms with Gasteiger partial charge in [-0.1, -0.05) is 214 Å². The van der Waals surface area contributed by atoms with Crippen molar-refractivity contribution in [2.45, 2.75) is 130 Å². The number of hydrogen-bond donors (Lipinski definition) is 0. The zero-order valence-electron chi connectivity index (χ0n) is 40.8. The summed E-state index contributed by atoms with van der Waals surface area (Å²) in [5.74, 6) is 0. The average molecular weight is 873 g/mol. The summed E-state index contributed by atoms with van der Waals surface area (Å²) in [6.45, 7) is 14.2. The second-order valence-corrected chi connectivity index (χ2v) is 19.4. The molecule has 0 unspecified atom stereocenters. The van der Waals surface area contributed by atoms with Crippen molar-refractivity contribution in [1.29, 1.82) is 0 Å². The van der Waals surface area contributed by atoms with Gasteiger partial charge in [-0.2, -0.15) is 0 Å². The van der Waals surface area contributed by atoms with Gasteiger partial charge in [0.05, 0.1) is 0 Å². The van der Waals surface area contributed by atoms with Gasteiger partial charge in [0.2, 0.25) is 0 Å². The second-order valence-electron chi connectivity index (χ2n) is 19.4. The van der Waals surface area contributed by atoms with Crippen molar-refractivity contribution >= 4 is 47.6 Å². The van der Waals surface area contributed by atoms with Gasteiger partial charge in [-0.3, -0.25) is 0 Å². The Morgan fingerprint density at radius 2 is 0.485 bits per heavy atom. The number of para-hydroxylation sites is 4. The fourth-order valence-electron chi connectivity index (χ4n) is 11.7. The highest BCUT2D eigenvalue weighted by Gasteiger charge is 2.46. The van der Waals surface area contributed by atoms with Gasteiger partial charge in [-0.25, -0.2) is 0 Å². The number of hydrogen-bond acceptors (Lipinski definition) is 4. The van der Waals surface area contributed by atoms with Crippen LogP contribution in [0.2, 0.25) is 0 Å². The highest BCUT2D eigenvalue weighted by molar-refractivity contribution is 6.85. The van der Waals surface area contributed by atoms with E-state index in [1.165, 1.54) is 181 Å². The predicted octanol–water partition coefficient (Wildman–Crippen LogP) is 15.0. The quantitative estimate of drug-likeness (QED) is 0.0560. The molecule has 0 saturated heterocycles. The summed E-state index contributed by atoms with van der Waals surface area (Å²) in [5, 5.41) is 0. The van der Waals surface area contributed by atoms with Crippen LogP contribution in [0.5, 0.6) is 0 Å². The van der Waals surface area contributed by atoms with Gasteiger partial charge >= 0.3 is 14.0 Å². The van der Waals surface area contributed by atoms with E-state index in [4.69, 9.17) is 0 Å². The molecule has 0 saturated carbocycles. The largest absolute Gasteiger partial charge is 0.412 e. The normalized spacial score (nSPS) is 13.6. The minimum Gasteiger partial charge on any atom is -0.391 e. The third-order valence-electron chi connectivity index (χ3n) is 14.9. The molecular weight excluding hydrogens is 798 g/mol. The molecule has 340 valence electrons. The van der Waals surface area contributed by atoms with E-state index < -0.39 is 0 Å². The van der Waals surface area contributed by atoms with Gasteiger partial charge in [0.15, 0.2) is 0 Å². The molecule has 4 nitrogen and oxygen atoms in total. The van der Waals surface area contributed by atoms with Crippen LogP contribution in [0.1, 0.15) is 130 Å². The Labute approximate surface area is 399 Å². The standard InChI is InChI=1S/2C30H37BN2/c2*1-3-5-7-13-22-32-28-20-11-9-16-24(28)26-18-15-19-27-25-17-10-12-21-29(25)33(31(32)30(26)27)23-14-8-6-4-2/h2*9-12,15-21H,3-8,13-14,22-23H2,1-2H3. The second kappa shape index (κ2) is 22.0. The number of nitrogens with zero attached hydrogens (tertiary/aromatic N) is 4. The maximum Gasteiger partial charge on any atom is 0.412 e. The third-order valence-corrected chi connectivity index (χ3v) is 14.9. The van der Waals surface area contributed by atoms with Crippen LogP contribution >= 0.6 is 0 Å². The molecule has 4 heterocycles. The molecule has 6 aromatic rings. The zero-order chi connectivity index (χ0) is 45.2. The Morgan fingerprint density at radius 3 is 0.727 bits per heavy atom. The van der Waals surface area contributed by atoms with Crippen molar-refractivity contribution in [3.63, 3.8) is 0 Å². The van der Waals surface area contributed by atoms with Crippen molar-refractivity contribution in [2.75, 3.05) is 45.4 Å². The molecule has 0 aromatic heterocycles. The van der Waals surface area contributed by atoms with E-state index >= 15 is 0 Å². The third kappa shape index (κ3) is 9.06. The van der Waals surface area contributed by atoms with Gasteiger partial charge < -0.3 is 19.2 Å². The number of fused-ring (bicyclic) bond motifs is 8. The maximum atomic E-state index is 2.73. The number of unbranched alkanes of at least 4 members (excludes halogenated alkanes) is 12. The summed E-state index contributed by atoms with van der Waals surface area (Å²) in [5.41, 5.74) is 19.9. The minimum absolute atomic E-state index is 0.282. The molecule has 0 amide bonds. The van der Waals surface area contributed by atoms with E-state index in [1.807, 2.05) is 0 Å². The van der Waals surface area contributed by atoms with Crippen LogP contribution in [0.15, 0.2) is 133 Å². The van der Waals surface area contributed by atoms with Crippen molar-refractivity contribution in [2.24, 2.45) is 0 Å². The summed E-state index contributed by atoms with van der Waals surface area (Å²) < 4.78 is 0. The zero-order valence-corrected chi connectivity index (χ0v) is 40.8. The molecule has 0 N–H and O–H groups in total. The Kier molecular flexibility index (Phi) is 15.2. The Balaban J connectivity index is 0.000000166. The summed E-state index contributed by atoms with van der Waals surface area (Å²) in [4.78, 5) is 10.9. The Morgan fingerprint density at radius 1 is 0.258 bits per heavy atom. The minimum atomic E-state index is 0.282. The van der Waals surface area contributed by atoms with Crippen LogP contribution in [0.4, 0.5) is 22.7 Å². The number of benzene rings is 6. The lowest BCUT2D eigenvalue weighted by atomic mass is 9.53. The fraction of sp³-hybridized carbons (Fsp3) is 0.400. The molecule has 0 radical (unpaired) electrons. The van der Waals surface area contributed by atoms with E-state index in [1.54, 1.807) is 0 Å². The Hall–Kier alpha value is -5.35. The van der Waals surface area contributed by atoms with Gasteiger partial charge in [0.25, 0.3) is 0 Å². The first-order valence-corrected chi connectivity index (χ1v) is 26.4. The summed E-state index contributed by atoms with van der Waals surface area (Å²) >= 11 is 0. The first-order valence-electron chi connectivity index (χ1n) is 26.4. The number of rotatable bonds is 20. The van der Waals surface area contributed by atoms with E-state index in [-0.39, 0.29) is 14.0 Å². The van der Waals surface area contributed by atoms with Gasteiger partial charge in [0, 0.05) is 71.2 Å². The van der Waals surface area contributed by atoms with Crippen LogP contribution in [0, 0.1) is 0 Å². The van der Waals surface area contributed by atoms with E-state index in [0.717, 1.165) is 26.2 Å². The molecule has 0 spiro atoms. The summed E-state index contributed by atoms with van der Waals surface area (Å²) in [6, 6.07) is 50.3. The average Bonchev–Trinajstić information content (AvgIpc) is 3.37. The topological polar surface area (TPSA) is 13.0 Å². The van der Waals surface area contributed by atoms with Gasteiger partial charge in [0.1, 0.15) is 0 Å². The molecule has 6 heteroatoms. The van der Waals surface area contributed by atoms with Crippen LogP contribution in [0.25, 0.3) is 44.5 Å². The highest BCUT2D eigenvalue weighted by atomic mass is 15.2. The lowest BCUT2D eigenvalue weighted by Gasteiger charge is -2.48. The van der Waals surface area contributed by atoms with Crippen molar-refractivity contribution in [3.05, 3.63) is 133 Å². The highest BCUT2D eigenvalue weighted by Crippen LogP contribution is 2.46. The van der Waals surface area contributed by atoms with Crippen LogP contribution in [-0.2, 0) is 0 Å². The smallest absolute Gasteiger partial charge is 0.391 e. The lowest BCUT2D eigenvalue weighted by molar-refractivity contribution is 0.664. The Bertz CT molecular complexity index is 2200. The SMILES string of the molecule is CCCCCCN1B2c3c(cccc3-c3ccccc3N2CCCCCC)-c2ccccc21.CCCCCCN1B2c3c(cccc3-c3ccccc3N2CCCCCC)-c2ccccc21. The monoisotopic (exact) mass is 873 g/mol. The number of anilines is 4. The molecule has 4 aliphatic rings. The molecular formula is C60H74B2N4. The molecule has 0 atom stereocenters. The van der Waals surface area contributed by atoms with Crippen LogP contribution in [-0.4, -0.2) is 40.1 Å². The lowest BCUT2D eigenvalue weighted by Crippen LogP contribution is -2.65. The first-order chi connectivity index (χ1) is 32.7. The van der Waals surface area contributed by atoms with E-state index in [2.05, 4.69) is 180 Å². The molecule has 66 heavy (non-hydrogen) atoms. The van der Waals surface area contributed by atoms with Gasteiger partial charge in [-0.15, -0.1) is 0 Å². The molecule has 0 fully saturated rings. The van der Waals surface area contributed by atoms with Crippen LogP contribution in [0.3, 0.4) is 0 Å². The van der Waals surface area contributed by atoms with Crippen molar-refractivity contribution in [3.8, 4) is 44.5 Å². The van der Waals surface area contributed by atoms with Gasteiger partial charge in [-0.05, 0) is 83.1 Å². The molecule has 6 aromatic carbocycles. The summed E-state index contributed by atoms with van der Waals surface area (Å²) in [6.07, 6.45) is 20.7. The molecule has 0 bridgehead atoms. The fourth-order valence-corrected chi connectivity index (χ4v) is 11.7. The van der Waals surface area contributed by atoms with Crippen molar-refractivity contribution < 1.29 is 0 Å². The predicted molar refractivity (Wildman–Crippen MR) is 291 cm³/mol. The van der Waals surface area contributed by atoms with E-state index in [9.17, 15) is 0 Å². The molecule has 4 aliphatic heterocycles. The maximum absolute atomic E-state index is 2.73. The summed E-state index contributed by atoms with van der Waals surface area (Å²) in [7, 11) is 0. The molecule has 10 rings (SSSR count). The van der Waals surface area contributed by atoms with Crippen molar-refractivity contribution in [1.82, 2.24) is 0 Å². The van der Waals surface area contributed by atoms with E-state index in [0.29, 0.717) is 0 Å².